The molecule has 0 aliphatic rings. The lowest BCUT2D eigenvalue weighted by Crippen LogP contribution is -2.30. The van der Waals surface area contributed by atoms with E-state index in [1.807, 2.05) is 23.6 Å². The van der Waals surface area contributed by atoms with Crippen LogP contribution in [0.15, 0.2) is 72.1 Å². The smallest absolute Gasteiger partial charge is 0.266 e. The average Bonchev–Trinajstić information content (AvgIpc) is 3.16. The fourth-order valence-electron chi connectivity index (χ4n) is 2.82. The van der Waals surface area contributed by atoms with Gasteiger partial charge in [0.05, 0.1) is 5.69 Å². The topological polar surface area (TPSA) is 51.2 Å². The van der Waals surface area contributed by atoms with Crippen molar-refractivity contribution in [3.63, 3.8) is 0 Å². The van der Waals surface area contributed by atoms with Crippen LogP contribution in [0, 0.1) is 0 Å². The van der Waals surface area contributed by atoms with E-state index in [2.05, 4.69) is 34.6 Å². The minimum atomic E-state index is -0.675. The Labute approximate surface area is 171 Å². The van der Waals surface area contributed by atoms with Crippen LogP contribution in [0.1, 0.15) is 6.92 Å². The second-order valence-electron chi connectivity index (χ2n) is 6.31. The van der Waals surface area contributed by atoms with E-state index in [9.17, 15) is 4.79 Å². The Morgan fingerprint density at radius 2 is 1.89 bits per heavy atom. The summed E-state index contributed by atoms with van der Waals surface area (Å²) < 4.78 is 5.65. The number of benzene rings is 3. The van der Waals surface area contributed by atoms with Crippen molar-refractivity contribution >= 4 is 44.7 Å². The molecule has 3 aromatic carbocycles. The zero-order chi connectivity index (χ0) is 19.5. The van der Waals surface area contributed by atoms with Crippen LogP contribution >= 0.6 is 22.9 Å². The summed E-state index contributed by atoms with van der Waals surface area (Å²) in [5.41, 5.74) is 1.84. The summed E-state index contributed by atoms with van der Waals surface area (Å²) in [7, 11) is 0. The Hall–Kier alpha value is -2.89. The third-order valence-corrected chi connectivity index (χ3v) is 5.25. The highest BCUT2D eigenvalue weighted by Crippen LogP contribution is 2.28. The Balaban J connectivity index is 1.45. The van der Waals surface area contributed by atoms with Crippen LogP contribution in [0.5, 0.6) is 5.75 Å². The monoisotopic (exact) mass is 408 g/mol. The van der Waals surface area contributed by atoms with Crippen LogP contribution in [0.4, 0.5) is 5.13 Å². The summed E-state index contributed by atoms with van der Waals surface area (Å²) >= 11 is 7.33. The van der Waals surface area contributed by atoms with E-state index in [4.69, 9.17) is 16.3 Å². The second kappa shape index (κ2) is 8.00. The highest BCUT2D eigenvalue weighted by atomic mass is 35.5. The first-order valence-corrected chi connectivity index (χ1v) is 10.0. The zero-order valence-electron chi connectivity index (χ0n) is 15.1. The molecule has 0 bridgehead atoms. The van der Waals surface area contributed by atoms with Gasteiger partial charge in [0, 0.05) is 16.0 Å². The van der Waals surface area contributed by atoms with Gasteiger partial charge >= 0.3 is 0 Å². The predicted molar refractivity (Wildman–Crippen MR) is 115 cm³/mol. The molecule has 0 aliphatic heterocycles. The first kappa shape index (κ1) is 18.5. The van der Waals surface area contributed by atoms with Gasteiger partial charge in [0.2, 0.25) is 0 Å². The molecule has 1 aromatic heterocycles. The Kier molecular flexibility index (Phi) is 5.28. The fourth-order valence-corrected chi connectivity index (χ4v) is 3.72. The van der Waals surface area contributed by atoms with Crippen molar-refractivity contribution in [3.8, 4) is 17.0 Å². The maximum atomic E-state index is 12.4. The largest absolute Gasteiger partial charge is 0.481 e. The van der Waals surface area contributed by atoms with Gasteiger partial charge in [0.15, 0.2) is 11.2 Å². The van der Waals surface area contributed by atoms with Gasteiger partial charge in [-0.1, -0.05) is 54.1 Å². The summed E-state index contributed by atoms with van der Waals surface area (Å²) in [5.74, 6) is 0.283. The van der Waals surface area contributed by atoms with Crippen LogP contribution in [0.3, 0.4) is 0 Å². The number of ether oxygens (including phenoxy) is 1. The lowest BCUT2D eigenvalue weighted by atomic mass is 10.1. The Morgan fingerprint density at radius 3 is 2.71 bits per heavy atom. The molecule has 1 heterocycles. The number of rotatable bonds is 5. The lowest BCUT2D eigenvalue weighted by molar-refractivity contribution is -0.122. The van der Waals surface area contributed by atoms with Gasteiger partial charge in [-0.3, -0.25) is 10.1 Å². The molecule has 28 heavy (non-hydrogen) atoms. The number of hydrogen-bond donors (Lipinski definition) is 1. The van der Waals surface area contributed by atoms with E-state index in [1.165, 1.54) is 16.7 Å². The summed E-state index contributed by atoms with van der Waals surface area (Å²) in [6.07, 6.45) is -0.675. The van der Waals surface area contributed by atoms with Crippen molar-refractivity contribution in [1.29, 1.82) is 0 Å². The molecule has 4 rings (SSSR count). The predicted octanol–water partition coefficient (Wildman–Crippen LogP) is 6.02. The number of hydrogen-bond acceptors (Lipinski definition) is 4. The number of thiazole rings is 1. The summed E-state index contributed by atoms with van der Waals surface area (Å²) in [4.78, 5) is 17.0. The van der Waals surface area contributed by atoms with Crippen LogP contribution in [0.25, 0.3) is 22.0 Å². The number of anilines is 1. The number of amides is 1. The quantitative estimate of drug-likeness (QED) is 0.439. The van der Waals surface area contributed by atoms with Gasteiger partial charge in [-0.15, -0.1) is 11.3 Å². The molecular formula is C22H17ClN2O2S. The summed E-state index contributed by atoms with van der Waals surface area (Å²) in [6.45, 7) is 1.69. The minimum Gasteiger partial charge on any atom is -0.481 e. The normalized spacial score (nSPS) is 11.9. The molecule has 0 saturated heterocycles. The number of aromatic nitrogens is 1. The molecule has 0 spiro atoms. The standard InChI is InChI=1S/C22H17ClN2O2S/c1-14(27-19-8-4-7-18(23)12-19)21(26)25-22-24-20(13-28-22)17-10-9-15-5-2-3-6-16(15)11-17/h2-14H,1H3,(H,24,25,26)/t14-/m1/s1. The minimum absolute atomic E-state index is 0.264. The molecule has 6 heteroatoms. The highest BCUT2D eigenvalue weighted by Gasteiger charge is 2.17. The van der Waals surface area contributed by atoms with Crippen molar-refractivity contribution in [3.05, 3.63) is 77.1 Å². The number of fused-ring (bicyclic) bond motifs is 1. The van der Waals surface area contributed by atoms with E-state index < -0.39 is 6.10 Å². The van der Waals surface area contributed by atoms with Crippen LogP contribution in [-0.4, -0.2) is 17.0 Å². The molecule has 1 N–H and O–H groups in total. The molecule has 4 aromatic rings. The Bertz CT molecular complexity index is 1140. The van der Waals surface area contributed by atoms with Crippen molar-refractivity contribution in [2.24, 2.45) is 0 Å². The van der Waals surface area contributed by atoms with Gasteiger partial charge < -0.3 is 4.74 Å². The molecule has 4 nitrogen and oxygen atoms in total. The summed E-state index contributed by atoms with van der Waals surface area (Å²) in [5, 5.41) is 8.18. The molecule has 0 fully saturated rings. The van der Waals surface area contributed by atoms with Crippen molar-refractivity contribution in [1.82, 2.24) is 4.98 Å². The number of carbonyl (C=O) groups excluding carboxylic acids is 1. The van der Waals surface area contributed by atoms with Gasteiger partial charge in [0.1, 0.15) is 5.75 Å². The number of nitrogens with one attached hydrogen (secondary N) is 1. The SMILES string of the molecule is C[C@@H](Oc1cccc(Cl)c1)C(=O)Nc1nc(-c2ccc3ccccc3c2)cs1. The highest BCUT2D eigenvalue weighted by molar-refractivity contribution is 7.14. The molecule has 0 radical (unpaired) electrons. The second-order valence-corrected chi connectivity index (χ2v) is 7.60. The molecule has 0 saturated carbocycles. The van der Waals surface area contributed by atoms with E-state index in [0.29, 0.717) is 15.9 Å². The molecule has 1 atom stereocenters. The summed E-state index contributed by atoms with van der Waals surface area (Å²) in [6, 6.07) is 21.4. The number of carbonyl (C=O) groups is 1. The third-order valence-electron chi connectivity index (χ3n) is 4.26. The maximum absolute atomic E-state index is 12.4. The third kappa shape index (κ3) is 4.16. The van der Waals surface area contributed by atoms with E-state index in [1.54, 1.807) is 31.2 Å². The van der Waals surface area contributed by atoms with Crippen LogP contribution in [-0.2, 0) is 4.79 Å². The van der Waals surface area contributed by atoms with E-state index >= 15 is 0 Å². The number of halogens is 1. The van der Waals surface area contributed by atoms with Crippen molar-refractivity contribution in [2.45, 2.75) is 13.0 Å². The first-order valence-electron chi connectivity index (χ1n) is 8.76. The lowest BCUT2D eigenvalue weighted by Gasteiger charge is -2.13. The number of nitrogens with zero attached hydrogens (tertiary/aromatic N) is 1. The van der Waals surface area contributed by atoms with Crippen molar-refractivity contribution in [2.75, 3.05) is 5.32 Å². The molecular weight excluding hydrogens is 392 g/mol. The Morgan fingerprint density at radius 1 is 1.07 bits per heavy atom. The molecule has 0 unspecified atom stereocenters. The van der Waals surface area contributed by atoms with Gasteiger partial charge in [-0.05, 0) is 42.0 Å². The van der Waals surface area contributed by atoms with Crippen molar-refractivity contribution < 1.29 is 9.53 Å². The van der Waals surface area contributed by atoms with E-state index in [-0.39, 0.29) is 5.91 Å². The first-order chi connectivity index (χ1) is 13.6. The van der Waals surface area contributed by atoms with Crippen LogP contribution in [0.2, 0.25) is 5.02 Å². The molecule has 1 amide bonds. The average molecular weight is 409 g/mol. The molecule has 140 valence electrons. The van der Waals surface area contributed by atoms with Gasteiger partial charge in [-0.2, -0.15) is 0 Å². The fraction of sp³-hybridized carbons (Fsp3) is 0.0909. The van der Waals surface area contributed by atoms with Gasteiger partial charge in [-0.25, -0.2) is 4.98 Å². The van der Waals surface area contributed by atoms with Gasteiger partial charge in [0.25, 0.3) is 5.91 Å². The van der Waals surface area contributed by atoms with E-state index in [0.717, 1.165) is 16.6 Å². The maximum Gasteiger partial charge on any atom is 0.266 e. The van der Waals surface area contributed by atoms with Crippen LogP contribution < -0.4 is 10.1 Å². The zero-order valence-corrected chi connectivity index (χ0v) is 16.6. The molecule has 0 aliphatic carbocycles.